The molecule has 0 radical (unpaired) electrons. The van der Waals surface area contributed by atoms with Crippen LogP contribution in [0.2, 0.25) is 0 Å². The molecule has 2 heterocycles. The molecule has 0 unspecified atom stereocenters. The Hall–Kier alpha value is -2.11. The Morgan fingerprint density at radius 1 is 1.44 bits per heavy atom. The van der Waals surface area contributed by atoms with Crippen molar-refractivity contribution >= 4 is 22.8 Å². The average Bonchev–Trinajstić information content (AvgIpc) is 2.72. The minimum atomic E-state index is -0.227. The van der Waals surface area contributed by atoms with Crippen LogP contribution < -0.4 is 10.6 Å². The summed E-state index contributed by atoms with van der Waals surface area (Å²) >= 11 is 0. The number of carbonyl (C=O) groups excluding carboxylic acids is 1. The molecule has 0 aliphatic carbocycles. The van der Waals surface area contributed by atoms with Crippen molar-refractivity contribution in [3.8, 4) is 0 Å². The van der Waals surface area contributed by atoms with Crippen LogP contribution in [-0.4, -0.2) is 27.3 Å². The molecule has 0 saturated heterocycles. The predicted molar refractivity (Wildman–Crippen MR) is 70.6 cm³/mol. The molecule has 0 aliphatic heterocycles. The molecule has 2 amide bonds. The highest BCUT2D eigenvalue weighted by atomic mass is 16.2. The standard InChI is InChI=1S/C12H17N5O/c1-4-13-12(18)16-10-5-9-6-15-17(8(2)3)11(9)14-7-10/h5-8H,4H2,1-3H3,(H2,13,16,18). The van der Waals surface area contributed by atoms with Gasteiger partial charge in [0.25, 0.3) is 0 Å². The van der Waals surface area contributed by atoms with Gasteiger partial charge >= 0.3 is 6.03 Å². The number of hydrogen-bond donors (Lipinski definition) is 2. The number of amides is 2. The Balaban J connectivity index is 2.26. The fraction of sp³-hybridized carbons (Fsp3) is 0.417. The van der Waals surface area contributed by atoms with Crippen LogP contribution in [0.5, 0.6) is 0 Å². The molecular weight excluding hydrogens is 230 g/mol. The van der Waals surface area contributed by atoms with Gasteiger partial charge in [0.2, 0.25) is 0 Å². The molecule has 0 atom stereocenters. The maximum atomic E-state index is 11.4. The number of hydrogen-bond acceptors (Lipinski definition) is 3. The number of nitrogens with one attached hydrogen (secondary N) is 2. The molecule has 0 spiro atoms. The second-order valence-electron chi connectivity index (χ2n) is 4.30. The molecule has 0 saturated carbocycles. The molecule has 0 fully saturated rings. The Morgan fingerprint density at radius 3 is 2.89 bits per heavy atom. The van der Waals surface area contributed by atoms with Crippen molar-refractivity contribution in [2.24, 2.45) is 0 Å². The van der Waals surface area contributed by atoms with Crippen LogP contribution in [0.3, 0.4) is 0 Å². The van der Waals surface area contributed by atoms with E-state index in [1.165, 1.54) is 0 Å². The van der Waals surface area contributed by atoms with E-state index in [2.05, 4.69) is 34.6 Å². The molecule has 2 N–H and O–H groups in total. The topological polar surface area (TPSA) is 71.8 Å². The number of pyridine rings is 1. The molecule has 0 aliphatic rings. The van der Waals surface area contributed by atoms with Crippen molar-refractivity contribution < 1.29 is 4.79 Å². The Bertz CT molecular complexity index is 561. The minimum Gasteiger partial charge on any atom is -0.338 e. The lowest BCUT2D eigenvalue weighted by Crippen LogP contribution is -2.28. The number of fused-ring (bicyclic) bond motifs is 1. The van der Waals surface area contributed by atoms with Gasteiger partial charge < -0.3 is 10.6 Å². The van der Waals surface area contributed by atoms with Crippen LogP contribution in [0.15, 0.2) is 18.5 Å². The van der Waals surface area contributed by atoms with Gasteiger partial charge in [0.15, 0.2) is 5.65 Å². The summed E-state index contributed by atoms with van der Waals surface area (Å²) in [6, 6.07) is 1.90. The van der Waals surface area contributed by atoms with Crippen LogP contribution in [0.4, 0.5) is 10.5 Å². The molecule has 0 bridgehead atoms. The first-order valence-corrected chi connectivity index (χ1v) is 6.00. The van der Waals surface area contributed by atoms with Crippen LogP contribution in [0.1, 0.15) is 26.8 Å². The number of rotatable bonds is 3. The predicted octanol–water partition coefficient (Wildman–Crippen LogP) is 2.15. The smallest absolute Gasteiger partial charge is 0.319 e. The fourth-order valence-electron chi connectivity index (χ4n) is 1.72. The first-order valence-electron chi connectivity index (χ1n) is 6.00. The van der Waals surface area contributed by atoms with Crippen LogP contribution in [-0.2, 0) is 0 Å². The summed E-state index contributed by atoms with van der Waals surface area (Å²) in [4.78, 5) is 15.7. The van der Waals surface area contributed by atoms with Crippen molar-refractivity contribution in [2.45, 2.75) is 26.8 Å². The molecular formula is C12H17N5O. The monoisotopic (exact) mass is 247 g/mol. The maximum Gasteiger partial charge on any atom is 0.319 e. The number of anilines is 1. The summed E-state index contributed by atoms with van der Waals surface area (Å²) in [5.41, 5.74) is 1.49. The lowest BCUT2D eigenvalue weighted by atomic mass is 10.3. The molecule has 18 heavy (non-hydrogen) atoms. The lowest BCUT2D eigenvalue weighted by Gasteiger charge is -2.07. The van der Waals surface area contributed by atoms with Gasteiger partial charge in [-0.25, -0.2) is 14.5 Å². The average molecular weight is 247 g/mol. The molecule has 0 aromatic carbocycles. The number of urea groups is 1. The number of aromatic nitrogens is 3. The molecule has 2 aromatic rings. The maximum absolute atomic E-state index is 11.4. The van der Waals surface area contributed by atoms with Crippen molar-refractivity contribution in [3.63, 3.8) is 0 Å². The van der Waals surface area contributed by atoms with Crippen molar-refractivity contribution in [1.82, 2.24) is 20.1 Å². The summed E-state index contributed by atoms with van der Waals surface area (Å²) in [6.45, 7) is 6.56. The van der Waals surface area contributed by atoms with Gasteiger partial charge in [0.05, 0.1) is 18.1 Å². The van der Waals surface area contributed by atoms with Gasteiger partial charge in [-0.2, -0.15) is 5.10 Å². The summed E-state index contributed by atoms with van der Waals surface area (Å²) in [7, 11) is 0. The highest BCUT2D eigenvalue weighted by Crippen LogP contribution is 2.18. The summed E-state index contributed by atoms with van der Waals surface area (Å²) in [6.07, 6.45) is 3.39. The van der Waals surface area contributed by atoms with Gasteiger partial charge in [0, 0.05) is 18.0 Å². The van der Waals surface area contributed by atoms with E-state index in [0.29, 0.717) is 12.2 Å². The summed E-state index contributed by atoms with van der Waals surface area (Å²) in [5, 5.41) is 10.6. The normalized spacial score (nSPS) is 10.9. The molecule has 96 valence electrons. The third-order valence-electron chi connectivity index (χ3n) is 2.52. The van der Waals surface area contributed by atoms with Gasteiger partial charge in [0.1, 0.15) is 0 Å². The van der Waals surface area contributed by atoms with Crippen LogP contribution in [0.25, 0.3) is 11.0 Å². The highest BCUT2D eigenvalue weighted by molar-refractivity contribution is 5.91. The van der Waals surface area contributed by atoms with Gasteiger partial charge in [-0.1, -0.05) is 0 Å². The molecule has 6 nitrogen and oxygen atoms in total. The lowest BCUT2D eigenvalue weighted by molar-refractivity contribution is 0.252. The number of carbonyl (C=O) groups is 1. The summed E-state index contributed by atoms with van der Waals surface area (Å²) in [5.74, 6) is 0. The van der Waals surface area contributed by atoms with E-state index >= 15 is 0 Å². The third kappa shape index (κ3) is 2.42. The largest absolute Gasteiger partial charge is 0.338 e. The van der Waals surface area contributed by atoms with E-state index in [9.17, 15) is 4.79 Å². The Morgan fingerprint density at radius 2 is 2.22 bits per heavy atom. The van der Waals surface area contributed by atoms with E-state index in [1.54, 1.807) is 12.4 Å². The summed E-state index contributed by atoms with van der Waals surface area (Å²) < 4.78 is 1.85. The number of nitrogens with zero attached hydrogens (tertiary/aromatic N) is 3. The fourth-order valence-corrected chi connectivity index (χ4v) is 1.72. The van der Waals surface area contributed by atoms with Gasteiger partial charge in [-0.05, 0) is 26.8 Å². The van der Waals surface area contributed by atoms with Crippen LogP contribution >= 0.6 is 0 Å². The first-order chi connectivity index (χ1) is 8.61. The second kappa shape index (κ2) is 5.03. The minimum absolute atomic E-state index is 0.227. The zero-order valence-corrected chi connectivity index (χ0v) is 10.8. The second-order valence-corrected chi connectivity index (χ2v) is 4.30. The van der Waals surface area contributed by atoms with E-state index in [1.807, 2.05) is 17.7 Å². The van der Waals surface area contributed by atoms with Gasteiger partial charge in [-0.15, -0.1) is 0 Å². The third-order valence-corrected chi connectivity index (χ3v) is 2.52. The zero-order chi connectivity index (χ0) is 13.1. The van der Waals surface area contributed by atoms with Crippen molar-refractivity contribution in [3.05, 3.63) is 18.5 Å². The van der Waals surface area contributed by atoms with E-state index in [0.717, 1.165) is 11.0 Å². The van der Waals surface area contributed by atoms with Gasteiger partial charge in [-0.3, -0.25) is 0 Å². The van der Waals surface area contributed by atoms with E-state index in [4.69, 9.17) is 0 Å². The zero-order valence-electron chi connectivity index (χ0n) is 10.8. The Kier molecular flexibility index (Phi) is 3.45. The highest BCUT2D eigenvalue weighted by Gasteiger charge is 2.08. The van der Waals surface area contributed by atoms with Crippen molar-refractivity contribution in [2.75, 3.05) is 11.9 Å². The van der Waals surface area contributed by atoms with E-state index in [-0.39, 0.29) is 12.1 Å². The quantitative estimate of drug-likeness (QED) is 0.873. The Labute approximate surface area is 105 Å². The molecule has 6 heteroatoms. The SMILES string of the molecule is CCNC(=O)Nc1cnc2c(cnn2C(C)C)c1. The van der Waals surface area contributed by atoms with Crippen LogP contribution in [0, 0.1) is 0 Å². The van der Waals surface area contributed by atoms with Crippen molar-refractivity contribution in [1.29, 1.82) is 0 Å². The molecule has 2 aromatic heterocycles. The van der Waals surface area contributed by atoms with E-state index < -0.39 is 0 Å². The first kappa shape index (κ1) is 12.3. The molecule has 2 rings (SSSR count).